The molecule has 192 valence electrons. The van der Waals surface area contributed by atoms with Gasteiger partial charge in [0.2, 0.25) is 5.91 Å². The van der Waals surface area contributed by atoms with Crippen LogP contribution in [0.2, 0.25) is 0 Å². The predicted octanol–water partition coefficient (Wildman–Crippen LogP) is 5.16. The lowest BCUT2D eigenvalue weighted by molar-refractivity contribution is -0.118. The van der Waals surface area contributed by atoms with Crippen LogP contribution in [-0.4, -0.2) is 40.4 Å². The van der Waals surface area contributed by atoms with Crippen molar-refractivity contribution >= 4 is 17.7 Å². The summed E-state index contributed by atoms with van der Waals surface area (Å²) < 4.78 is 26.6. The van der Waals surface area contributed by atoms with E-state index >= 15 is 0 Å². The molecule has 0 aliphatic heterocycles. The fourth-order valence-electron chi connectivity index (χ4n) is 3.97. The van der Waals surface area contributed by atoms with Gasteiger partial charge < -0.3 is 14.8 Å². The molecule has 0 bridgehead atoms. The summed E-state index contributed by atoms with van der Waals surface area (Å²) in [5, 5.41) is 3.54. The lowest BCUT2D eigenvalue weighted by Gasteiger charge is -2.28. The third-order valence-electron chi connectivity index (χ3n) is 6.10. The number of rotatable bonds is 10. The molecule has 0 radical (unpaired) electrons. The van der Waals surface area contributed by atoms with Gasteiger partial charge in [-0.15, -0.1) is 0 Å². The van der Waals surface area contributed by atoms with E-state index in [1.165, 1.54) is 23.9 Å². The number of nitrogens with one attached hydrogen (secondary N) is 1. The number of methoxy groups -OCH3 is 2. The largest absolute Gasteiger partial charge is 0.493 e. The summed E-state index contributed by atoms with van der Waals surface area (Å²) in [5.74, 6) is 0.995. The van der Waals surface area contributed by atoms with Crippen molar-refractivity contribution in [3.63, 3.8) is 0 Å². The van der Waals surface area contributed by atoms with Crippen LogP contribution in [0.3, 0.4) is 0 Å². The molecule has 9 heteroatoms. The van der Waals surface area contributed by atoms with Crippen LogP contribution in [0.5, 0.6) is 11.5 Å². The zero-order valence-electron chi connectivity index (χ0n) is 21.2. The number of nitrogens with zero attached hydrogens (tertiary/aromatic N) is 3. The molecule has 0 unspecified atom stereocenters. The summed E-state index contributed by atoms with van der Waals surface area (Å²) in [6.07, 6.45) is 5.21. The van der Waals surface area contributed by atoms with Gasteiger partial charge in [-0.3, -0.25) is 14.3 Å². The average Bonchev–Trinajstić information content (AvgIpc) is 3.36. The van der Waals surface area contributed by atoms with Gasteiger partial charge in [-0.2, -0.15) is 0 Å². The first-order valence-electron chi connectivity index (χ1n) is 11.7. The van der Waals surface area contributed by atoms with Gasteiger partial charge >= 0.3 is 0 Å². The maximum atomic E-state index is 13.7. The minimum absolute atomic E-state index is 0.122. The number of thioether (sulfide) groups is 1. The lowest BCUT2D eigenvalue weighted by Crippen LogP contribution is -2.25. The average molecular weight is 521 g/mol. The fourth-order valence-corrected chi connectivity index (χ4v) is 4.80. The summed E-state index contributed by atoms with van der Waals surface area (Å²) in [6.45, 7) is 4.57. The second-order valence-electron chi connectivity index (χ2n) is 8.86. The van der Waals surface area contributed by atoms with Gasteiger partial charge in [0.1, 0.15) is 5.82 Å². The second kappa shape index (κ2) is 11.5. The minimum atomic E-state index is -0.512. The second-order valence-corrected chi connectivity index (χ2v) is 9.80. The van der Waals surface area contributed by atoms with Crippen molar-refractivity contribution in [2.75, 3.05) is 20.0 Å². The summed E-state index contributed by atoms with van der Waals surface area (Å²) in [7, 11) is 3.20. The van der Waals surface area contributed by atoms with Crippen molar-refractivity contribution in [3.05, 3.63) is 95.8 Å². The lowest BCUT2D eigenvalue weighted by atomic mass is 9.81. The third kappa shape index (κ3) is 5.94. The molecule has 2 aromatic heterocycles. The van der Waals surface area contributed by atoms with Crippen LogP contribution in [0, 0.1) is 5.82 Å². The van der Waals surface area contributed by atoms with E-state index in [0.29, 0.717) is 23.2 Å². The van der Waals surface area contributed by atoms with Crippen LogP contribution in [-0.2, 0) is 16.8 Å². The molecule has 4 aromatic rings. The number of hydrogen-bond acceptors (Lipinski definition) is 6. The van der Waals surface area contributed by atoms with Crippen molar-refractivity contribution in [3.8, 4) is 17.2 Å². The van der Waals surface area contributed by atoms with Crippen molar-refractivity contribution in [2.24, 2.45) is 0 Å². The molecule has 0 aliphatic rings. The van der Waals surface area contributed by atoms with Crippen LogP contribution < -0.4 is 14.8 Å². The highest BCUT2D eigenvalue weighted by molar-refractivity contribution is 7.99. The minimum Gasteiger partial charge on any atom is -0.493 e. The van der Waals surface area contributed by atoms with Gasteiger partial charge in [0, 0.05) is 30.0 Å². The van der Waals surface area contributed by atoms with Gasteiger partial charge in [0.05, 0.1) is 31.9 Å². The van der Waals surface area contributed by atoms with E-state index < -0.39 is 5.41 Å². The SMILES string of the molecule is COc1ccc(C(C)(C)c2cnc(SCC(=O)NCc3cccnc3)n2-c2ccc(F)cc2)cc1OC. The number of hydrogen-bond donors (Lipinski definition) is 1. The number of ether oxygens (including phenoxy) is 2. The zero-order chi connectivity index (χ0) is 26.4. The number of carbonyl (C=O) groups is 1. The predicted molar refractivity (Wildman–Crippen MR) is 142 cm³/mol. The third-order valence-corrected chi connectivity index (χ3v) is 7.06. The molecule has 0 atom stereocenters. The Kier molecular flexibility index (Phi) is 8.13. The van der Waals surface area contributed by atoms with E-state index in [-0.39, 0.29) is 17.5 Å². The summed E-state index contributed by atoms with van der Waals surface area (Å²) >= 11 is 1.32. The zero-order valence-corrected chi connectivity index (χ0v) is 22.0. The van der Waals surface area contributed by atoms with Gasteiger partial charge in [-0.1, -0.05) is 37.7 Å². The van der Waals surface area contributed by atoms with E-state index in [1.807, 2.05) is 34.9 Å². The quantitative estimate of drug-likeness (QED) is 0.291. The fraction of sp³-hybridized carbons (Fsp3) is 0.250. The molecule has 4 rings (SSSR count). The van der Waals surface area contributed by atoms with Crippen LogP contribution >= 0.6 is 11.8 Å². The Balaban J connectivity index is 1.63. The van der Waals surface area contributed by atoms with Crippen LogP contribution in [0.4, 0.5) is 4.39 Å². The first-order valence-corrected chi connectivity index (χ1v) is 12.7. The smallest absolute Gasteiger partial charge is 0.230 e. The maximum absolute atomic E-state index is 13.7. The molecule has 0 fully saturated rings. The van der Waals surface area contributed by atoms with Crippen LogP contribution in [0.15, 0.2) is 78.3 Å². The Morgan fingerprint density at radius 1 is 1.05 bits per heavy atom. The molecule has 2 heterocycles. The number of carbonyl (C=O) groups excluding carboxylic acids is 1. The van der Waals surface area contributed by atoms with Gasteiger partial charge in [-0.25, -0.2) is 9.37 Å². The van der Waals surface area contributed by atoms with Gasteiger partial charge in [0.25, 0.3) is 0 Å². The van der Waals surface area contributed by atoms with E-state index in [0.717, 1.165) is 22.5 Å². The molecule has 0 saturated heterocycles. The molecule has 1 amide bonds. The van der Waals surface area contributed by atoms with Crippen LogP contribution in [0.1, 0.15) is 30.7 Å². The molecule has 1 N–H and O–H groups in total. The molecule has 2 aromatic carbocycles. The van der Waals surface area contributed by atoms with Gasteiger partial charge in [0.15, 0.2) is 16.7 Å². The maximum Gasteiger partial charge on any atom is 0.230 e. The molecular weight excluding hydrogens is 491 g/mol. The Labute approximate surface area is 220 Å². The number of benzene rings is 2. The van der Waals surface area contributed by atoms with E-state index in [4.69, 9.17) is 9.47 Å². The highest BCUT2D eigenvalue weighted by Gasteiger charge is 2.30. The Morgan fingerprint density at radius 3 is 2.49 bits per heavy atom. The Bertz CT molecular complexity index is 1360. The normalized spacial score (nSPS) is 11.3. The molecule has 0 aliphatic carbocycles. The molecule has 7 nitrogen and oxygen atoms in total. The highest BCUT2D eigenvalue weighted by Crippen LogP contribution is 2.39. The van der Waals surface area contributed by atoms with Crippen molar-refractivity contribution in [2.45, 2.75) is 31.0 Å². The number of amides is 1. The summed E-state index contributed by atoms with van der Waals surface area (Å²) in [6, 6.07) is 15.8. The van der Waals surface area contributed by atoms with E-state index in [9.17, 15) is 9.18 Å². The van der Waals surface area contributed by atoms with E-state index in [2.05, 4.69) is 29.1 Å². The van der Waals surface area contributed by atoms with Crippen LogP contribution in [0.25, 0.3) is 5.69 Å². The monoisotopic (exact) mass is 520 g/mol. The first kappa shape index (κ1) is 26.2. The van der Waals surface area contributed by atoms with Crippen molar-refractivity contribution in [1.29, 1.82) is 0 Å². The summed E-state index contributed by atoms with van der Waals surface area (Å²) in [5.41, 5.74) is 3.03. The van der Waals surface area contributed by atoms with Crippen molar-refractivity contribution in [1.82, 2.24) is 19.9 Å². The summed E-state index contributed by atoms with van der Waals surface area (Å²) in [4.78, 5) is 21.3. The van der Waals surface area contributed by atoms with E-state index in [1.54, 1.807) is 44.9 Å². The Morgan fingerprint density at radius 2 is 1.81 bits per heavy atom. The number of aromatic nitrogens is 3. The number of imidazole rings is 1. The molecule has 37 heavy (non-hydrogen) atoms. The van der Waals surface area contributed by atoms with Crippen molar-refractivity contribution < 1.29 is 18.7 Å². The molecular formula is C28H29FN4O3S. The molecule has 0 spiro atoms. The standard InChI is InChI=1S/C28H29FN4O3S/c1-28(2,20-7-12-23(35-3)24(14-20)36-4)25-17-32-27(33(25)22-10-8-21(29)9-11-22)37-18-26(34)31-16-19-6-5-13-30-15-19/h5-15,17H,16,18H2,1-4H3,(H,31,34). The molecule has 0 saturated carbocycles. The number of halogens is 1. The Hall–Kier alpha value is -3.85. The highest BCUT2D eigenvalue weighted by atomic mass is 32.2. The topological polar surface area (TPSA) is 78.3 Å². The first-order chi connectivity index (χ1) is 17.8. The number of pyridine rings is 1. The van der Waals surface area contributed by atoms with Gasteiger partial charge in [-0.05, 0) is 53.6 Å².